The number of carbonyl (C=O) groups excluding carboxylic acids is 1. The molecule has 0 bridgehead atoms. The third-order valence-corrected chi connectivity index (χ3v) is 3.71. The number of carbonyl (C=O) groups is 1. The molecule has 0 spiro atoms. The van der Waals surface area contributed by atoms with E-state index in [1.165, 1.54) is 25.7 Å². The van der Waals surface area contributed by atoms with E-state index in [4.69, 9.17) is 5.84 Å². The van der Waals surface area contributed by atoms with E-state index in [0.29, 0.717) is 12.5 Å². The van der Waals surface area contributed by atoms with E-state index in [1.54, 1.807) is 0 Å². The molecule has 16 heavy (non-hydrogen) atoms. The van der Waals surface area contributed by atoms with Crippen LogP contribution in [0.25, 0.3) is 0 Å². The molecule has 2 unspecified atom stereocenters. The van der Waals surface area contributed by atoms with Gasteiger partial charge in [0.15, 0.2) is 0 Å². The maximum absolute atomic E-state index is 11.0. The number of hydrogen-bond donors (Lipinski definition) is 2. The van der Waals surface area contributed by atoms with Crippen LogP contribution in [0.2, 0.25) is 0 Å². The van der Waals surface area contributed by atoms with Crippen LogP contribution < -0.4 is 11.3 Å². The standard InChI is InChI=1S/C12H25N3O/c1-10-6-3-4-7-11(10)15(2)9-5-8-12(16)14-13/h10-11H,3-9,13H2,1-2H3,(H,14,16). The molecule has 0 saturated heterocycles. The monoisotopic (exact) mass is 227 g/mol. The number of nitrogens with two attached hydrogens (primary N) is 1. The third-order valence-electron chi connectivity index (χ3n) is 3.71. The highest BCUT2D eigenvalue weighted by atomic mass is 16.2. The summed E-state index contributed by atoms with van der Waals surface area (Å²) in [6.07, 6.45) is 6.80. The summed E-state index contributed by atoms with van der Waals surface area (Å²) in [7, 11) is 2.17. The smallest absolute Gasteiger partial charge is 0.233 e. The van der Waals surface area contributed by atoms with Crippen molar-refractivity contribution in [1.29, 1.82) is 0 Å². The van der Waals surface area contributed by atoms with Gasteiger partial charge in [-0.3, -0.25) is 10.2 Å². The zero-order chi connectivity index (χ0) is 12.0. The Hall–Kier alpha value is -0.610. The molecule has 0 aromatic rings. The molecule has 4 nitrogen and oxygen atoms in total. The lowest BCUT2D eigenvalue weighted by Gasteiger charge is -2.36. The highest BCUT2D eigenvalue weighted by Gasteiger charge is 2.24. The van der Waals surface area contributed by atoms with Crippen molar-refractivity contribution in [2.75, 3.05) is 13.6 Å². The summed E-state index contributed by atoms with van der Waals surface area (Å²) in [6, 6.07) is 0.703. The SMILES string of the molecule is CC1CCCCC1N(C)CCCC(=O)NN. The van der Waals surface area contributed by atoms with E-state index in [0.717, 1.165) is 18.9 Å². The first-order valence-corrected chi connectivity index (χ1v) is 6.35. The summed E-state index contributed by atoms with van der Waals surface area (Å²) in [4.78, 5) is 13.4. The molecule has 1 aliphatic rings. The normalized spacial score (nSPS) is 25.8. The van der Waals surface area contributed by atoms with Crippen LogP contribution in [0.5, 0.6) is 0 Å². The molecule has 0 aromatic heterocycles. The Labute approximate surface area is 98.5 Å². The Kier molecular flexibility index (Phi) is 5.77. The maximum Gasteiger partial charge on any atom is 0.233 e. The van der Waals surface area contributed by atoms with Crippen molar-refractivity contribution in [2.45, 2.75) is 51.5 Å². The molecule has 1 saturated carbocycles. The average molecular weight is 227 g/mol. The molecule has 0 aliphatic heterocycles. The topological polar surface area (TPSA) is 58.4 Å². The van der Waals surface area contributed by atoms with Gasteiger partial charge in [0, 0.05) is 12.5 Å². The van der Waals surface area contributed by atoms with E-state index in [1.807, 2.05) is 0 Å². The van der Waals surface area contributed by atoms with Gasteiger partial charge in [-0.2, -0.15) is 0 Å². The quantitative estimate of drug-likeness (QED) is 0.422. The first-order chi connectivity index (χ1) is 7.65. The van der Waals surface area contributed by atoms with E-state index in [2.05, 4.69) is 24.3 Å². The van der Waals surface area contributed by atoms with E-state index in [9.17, 15) is 4.79 Å². The Balaban J connectivity index is 2.22. The lowest BCUT2D eigenvalue weighted by Crippen LogP contribution is -2.40. The molecule has 1 aliphatic carbocycles. The second kappa shape index (κ2) is 6.86. The van der Waals surface area contributed by atoms with Crippen molar-refractivity contribution in [3.8, 4) is 0 Å². The Bertz CT molecular complexity index is 220. The number of nitrogens with zero attached hydrogens (tertiary/aromatic N) is 1. The fourth-order valence-electron chi connectivity index (χ4n) is 2.68. The minimum absolute atomic E-state index is 0.0647. The molecule has 1 fully saturated rings. The zero-order valence-corrected chi connectivity index (χ0v) is 10.5. The van der Waals surface area contributed by atoms with Gasteiger partial charge in [-0.25, -0.2) is 5.84 Å². The molecule has 1 amide bonds. The Morgan fingerprint density at radius 3 is 2.75 bits per heavy atom. The van der Waals surface area contributed by atoms with E-state index < -0.39 is 0 Å². The summed E-state index contributed by atoms with van der Waals surface area (Å²) >= 11 is 0. The van der Waals surface area contributed by atoms with E-state index in [-0.39, 0.29) is 5.91 Å². The highest BCUT2D eigenvalue weighted by Crippen LogP contribution is 2.27. The van der Waals surface area contributed by atoms with Crippen molar-refractivity contribution >= 4 is 5.91 Å². The van der Waals surface area contributed by atoms with Gasteiger partial charge in [0.2, 0.25) is 5.91 Å². The van der Waals surface area contributed by atoms with Crippen molar-refractivity contribution in [1.82, 2.24) is 10.3 Å². The van der Waals surface area contributed by atoms with Gasteiger partial charge in [0.1, 0.15) is 0 Å². The third kappa shape index (κ3) is 4.10. The summed E-state index contributed by atoms with van der Waals surface area (Å²) in [6.45, 7) is 3.33. The van der Waals surface area contributed by atoms with Crippen LogP contribution >= 0.6 is 0 Å². The van der Waals surface area contributed by atoms with Crippen LogP contribution in [-0.2, 0) is 4.79 Å². The molecule has 94 valence electrons. The van der Waals surface area contributed by atoms with Crippen molar-refractivity contribution in [2.24, 2.45) is 11.8 Å². The van der Waals surface area contributed by atoms with Gasteiger partial charge < -0.3 is 4.90 Å². The maximum atomic E-state index is 11.0. The summed E-state index contributed by atoms with van der Waals surface area (Å²) in [5, 5.41) is 0. The molecular weight excluding hydrogens is 202 g/mol. The van der Waals surface area contributed by atoms with Crippen LogP contribution in [0.4, 0.5) is 0 Å². The minimum atomic E-state index is -0.0647. The van der Waals surface area contributed by atoms with Crippen LogP contribution in [0, 0.1) is 5.92 Å². The van der Waals surface area contributed by atoms with Gasteiger partial charge >= 0.3 is 0 Å². The molecule has 4 heteroatoms. The number of rotatable bonds is 5. The Morgan fingerprint density at radius 1 is 1.44 bits per heavy atom. The summed E-state index contributed by atoms with van der Waals surface area (Å²) < 4.78 is 0. The number of hydrogen-bond acceptors (Lipinski definition) is 3. The van der Waals surface area contributed by atoms with E-state index >= 15 is 0 Å². The van der Waals surface area contributed by atoms with Crippen molar-refractivity contribution < 1.29 is 4.79 Å². The molecule has 0 radical (unpaired) electrons. The molecule has 2 atom stereocenters. The first-order valence-electron chi connectivity index (χ1n) is 6.35. The zero-order valence-electron chi connectivity index (χ0n) is 10.5. The van der Waals surface area contributed by atoms with Gasteiger partial charge in [0.05, 0.1) is 0 Å². The molecule has 3 N–H and O–H groups in total. The predicted octanol–water partition coefficient (Wildman–Crippen LogP) is 1.27. The van der Waals surface area contributed by atoms with Gasteiger partial charge in [-0.1, -0.05) is 19.8 Å². The number of amides is 1. The fraction of sp³-hybridized carbons (Fsp3) is 0.917. The van der Waals surface area contributed by atoms with Crippen LogP contribution in [0.3, 0.4) is 0 Å². The van der Waals surface area contributed by atoms with Gasteiger partial charge in [-0.05, 0) is 38.8 Å². The van der Waals surface area contributed by atoms with Crippen LogP contribution in [0.1, 0.15) is 45.4 Å². The Morgan fingerprint density at radius 2 is 2.12 bits per heavy atom. The molecular formula is C12H25N3O. The molecule has 0 aromatic carbocycles. The van der Waals surface area contributed by atoms with Crippen molar-refractivity contribution in [3.05, 3.63) is 0 Å². The van der Waals surface area contributed by atoms with Crippen LogP contribution in [0.15, 0.2) is 0 Å². The minimum Gasteiger partial charge on any atom is -0.303 e. The second-order valence-electron chi connectivity index (χ2n) is 4.98. The van der Waals surface area contributed by atoms with Gasteiger partial charge in [-0.15, -0.1) is 0 Å². The lowest BCUT2D eigenvalue weighted by atomic mass is 9.85. The van der Waals surface area contributed by atoms with Gasteiger partial charge in [0.25, 0.3) is 0 Å². The largest absolute Gasteiger partial charge is 0.303 e. The predicted molar refractivity (Wildman–Crippen MR) is 65.6 cm³/mol. The van der Waals surface area contributed by atoms with Crippen LogP contribution in [-0.4, -0.2) is 30.4 Å². The number of nitrogens with one attached hydrogen (secondary N) is 1. The number of hydrazine groups is 1. The molecule has 1 rings (SSSR count). The average Bonchev–Trinajstić information content (AvgIpc) is 2.29. The summed E-state index contributed by atoms with van der Waals surface area (Å²) in [5.41, 5.74) is 2.17. The highest BCUT2D eigenvalue weighted by molar-refractivity contribution is 5.75. The molecule has 0 heterocycles. The van der Waals surface area contributed by atoms with Crippen molar-refractivity contribution in [3.63, 3.8) is 0 Å². The first kappa shape index (κ1) is 13.5. The fourth-order valence-corrected chi connectivity index (χ4v) is 2.68. The second-order valence-corrected chi connectivity index (χ2v) is 4.98. The lowest BCUT2D eigenvalue weighted by molar-refractivity contribution is -0.121. The summed E-state index contributed by atoms with van der Waals surface area (Å²) in [5.74, 6) is 5.77.